The maximum Gasteiger partial charge on any atom is 0.328 e. The third-order valence-electron chi connectivity index (χ3n) is 10.6. The second-order valence-corrected chi connectivity index (χ2v) is 12.6. The fourth-order valence-electron chi connectivity index (χ4n) is 8.49. The minimum absolute atomic E-state index is 0.0433. The number of fused-ring (bicyclic) bond motifs is 5. The van der Waals surface area contributed by atoms with Gasteiger partial charge in [0.25, 0.3) is 0 Å². The van der Waals surface area contributed by atoms with Crippen molar-refractivity contribution in [3.63, 3.8) is 0 Å². The van der Waals surface area contributed by atoms with Crippen molar-refractivity contribution in [2.24, 2.45) is 28.6 Å². The summed E-state index contributed by atoms with van der Waals surface area (Å²) in [6.07, 6.45) is 6.78. The lowest BCUT2D eigenvalue weighted by Crippen LogP contribution is -2.59. The fraction of sp³-hybridized carbons (Fsp3) is 0.733. The van der Waals surface area contributed by atoms with Crippen LogP contribution in [0, 0.1) is 28.6 Å². The molecule has 0 aromatic carbocycles. The molecule has 4 rings (SSSR count). The minimum Gasteiger partial charge on any atom is -0.480 e. The summed E-state index contributed by atoms with van der Waals surface area (Å²) in [5, 5.41) is 20.0. The molecule has 0 radical (unpaired) electrons. The normalized spacial score (nSPS) is 34.7. The molecule has 3 fully saturated rings. The van der Waals surface area contributed by atoms with E-state index in [1.165, 1.54) is 12.5 Å². The van der Waals surface area contributed by atoms with Crippen molar-refractivity contribution in [1.82, 2.24) is 5.32 Å². The van der Waals surface area contributed by atoms with Crippen LogP contribution in [0.4, 0.5) is 0 Å². The van der Waals surface area contributed by atoms with Gasteiger partial charge in [0, 0.05) is 25.2 Å². The van der Waals surface area contributed by atoms with Crippen LogP contribution in [0.2, 0.25) is 0 Å². The minimum atomic E-state index is -1.48. The van der Waals surface area contributed by atoms with Gasteiger partial charge >= 0.3 is 17.9 Å². The SMILES string of the molecule is CC(=O)O[C@]1(C(=O)COC(=O)CCC(=O)N[C@H](CO)C(=O)O)CC[C@@H]2[C@@H]3CCC4=CC(=O)CC[C@]4(C)[C@@H]3CC[C@@]21C. The van der Waals surface area contributed by atoms with E-state index < -0.39 is 66.3 Å². The summed E-state index contributed by atoms with van der Waals surface area (Å²) in [7, 11) is 0. The molecule has 0 aromatic heterocycles. The lowest BCUT2D eigenvalue weighted by atomic mass is 9.46. The zero-order chi connectivity index (χ0) is 30.2. The molecule has 0 unspecified atom stereocenters. The smallest absolute Gasteiger partial charge is 0.328 e. The zero-order valence-electron chi connectivity index (χ0n) is 24.0. The maximum absolute atomic E-state index is 13.8. The third kappa shape index (κ3) is 5.57. The molecule has 3 N–H and O–H groups in total. The summed E-state index contributed by atoms with van der Waals surface area (Å²) in [6.45, 7) is 4.17. The summed E-state index contributed by atoms with van der Waals surface area (Å²) in [5.74, 6) is -3.01. The second-order valence-electron chi connectivity index (χ2n) is 12.6. The highest BCUT2D eigenvalue weighted by Crippen LogP contribution is 2.68. The number of carboxylic acids is 1. The number of ketones is 2. The standard InChI is InChI=1S/C30H41NO10/c1-17(33)41-30(24(35)16-40-26(37)7-6-25(36)31-23(15-32)27(38)39)13-10-22-20-5-4-18-14-19(34)8-11-28(18,2)21(20)9-12-29(22,30)3/h14,20-23,32H,4-13,15-16H2,1-3H3,(H,31,36)(H,38,39)/t20-,21-,22-,23-,28+,29+,30+/m1/s1. The number of rotatable bonds is 10. The van der Waals surface area contributed by atoms with Gasteiger partial charge < -0.3 is 25.0 Å². The van der Waals surface area contributed by atoms with Gasteiger partial charge in [-0.2, -0.15) is 0 Å². The number of nitrogens with one attached hydrogen (secondary N) is 1. The topological polar surface area (TPSA) is 173 Å². The number of aliphatic hydroxyl groups excluding tert-OH is 1. The highest BCUT2D eigenvalue weighted by Gasteiger charge is 2.68. The van der Waals surface area contributed by atoms with Crippen molar-refractivity contribution in [3.8, 4) is 0 Å². The Balaban J connectivity index is 1.44. The Hall–Kier alpha value is -3.08. The lowest BCUT2D eigenvalue weighted by molar-refractivity contribution is -0.191. The number of carbonyl (C=O) groups is 6. The number of esters is 2. The van der Waals surface area contributed by atoms with E-state index in [1.807, 2.05) is 13.0 Å². The van der Waals surface area contributed by atoms with Crippen LogP contribution < -0.4 is 5.32 Å². The lowest BCUT2D eigenvalue weighted by Gasteiger charge is -2.59. The van der Waals surface area contributed by atoms with E-state index in [4.69, 9.17) is 19.7 Å². The number of ether oxygens (including phenoxy) is 2. The molecule has 0 spiro atoms. The molecule has 0 aromatic rings. The quantitative estimate of drug-likeness (QED) is 0.328. The number of hydrogen-bond acceptors (Lipinski definition) is 9. The Morgan fingerprint density at radius 3 is 2.39 bits per heavy atom. The molecule has 4 aliphatic carbocycles. The van der Waals surface area contributed by atoms with Gasteiger partial charge in [0.1, 0.15) is 6.04 Å². The summed E-state index contributed by atoms with van der Waals surface area (Å²) in [6, 6.07) is -1.48. The first-order valence-electron chi connectivity index (χ1n) is 14.5. The zero-order valence-corrected chi connectivity index (χ0v) is 24.0. The number of carboxylic acid groups (broad SMARTS) is 1. The first-order valence-corrected chi connectivity index (χ1v) is 14.5. The molecule has 0 bridgehead atoms. The van der Waals surface area contributed by atoms with Gasteiger partial charge in [-0.05, 0) is 74.2 Å². The van der Waals surface area contributed by atoms with Gasteiger partial charge in [0.15, 0.2) is 18.0 Å². The van der Waals surface area contributed by atoms with Gasteiger partial charge in [-0.3, -0.25) is 24.0 Å². The van der Waals surface area contributed by atoms with Crippen molar-refractivity contribution in [2.75, 3.05) is 13.2 Å². The fourth-order valence-corrected chi connectivity index (χ4v) is 8.49. The molecule has 4 aliphatic rings. The number of allylic oxidation sites excluding steroid dienone is 1. The molecule has 11 heteroatoms. The molecule has 7 atom stereocenters. The van der Waals surface area contributed by atoms with E-state index in [0.29, 0.717) is 37.5 Å². The largest absolute Gasteiger partial charge is 0.480 e. The molecule has 0 heterocycles. The number of amides is 1. The first-order chi connectivity index (χ1) is 19.3. The van der Waals surface area contributed by atoms with Crippen molar-refractivity contribution in [2.45, 2.75) is 96.6 Å². The van der Waals surface area contributed by atoms with Crippen LogP contribution in [0.1, 0.15) is 85.0 Å². The van der Waals surface area contributed by atoms with Crippen molar-refractivity contribution >= 4 is 35.4 Å². The Morgan fingerprint density at radius 2 is 1.73 bits per heavy atom. The summed E-state index contributed by atoms with van der Waals surface area (Å²) in [4.78, 5) is 73.5. The molecular weight excluding hydrogens is 534 g/mol. The van der Waals surface area contributed by atoms with Crippen LogP contribution in [0.25, 0.3) is 0 Å². The van der Waals surface area contributed by atoms with E-state index in [-0.39, 0.29) is 23.5 Å². The third-order valence-corrected chi connectivity index (χ3v) is 10.6. The summed E-state index contributed by atoms with van der Waals surface area (Å²) >= 11 is 0. The molecule has 0 aliphatic heterocycles. The van der Waals surface area contributed by atoms with Crippen molar-refractivity contribution in [3.05, 3.63) is 11.6 Å². The highest BCUT2D eigenvalue weighted by molar-refractivity contribution is 5.94. The van der Waals surface area contributed by atoms with Crippen LogP contribution in [-0.4, -0.2) is 70.5 Å². The second kappa shape index (κ2) is 11.7. The van der Waals surface area contributed by atoms with Gasteiger partial charge in [-0.1, -0.05) is 19.4 Å². The molecular formula is C30H41NO10. The van der Waals surface area contributed by atoms with E-state index in [9.17, 15) is 28.8 Å². The Bertz CT molecular complexity index is 1160. The van der Waals surface area contributed by atoms with Crippen molar-refractivity contribution < 1.29 is 48.5 Å². The average molecular weight is 576 g/mol. The van der Waals surface area contributed by atoms with Crippen LogP contribution in [0.15, 0.2) is 11.6 Å². The first kappa shape index (κ1) is 30.9. The number of Topliss-reactive ketones (excluding diaryl/α,β-unsaturated/α-hetero) is 1. The van der Waals surface area contributed by atoms with E-state index in [1.54, 1.807) is 0 Å². The Morgan fingerprint density at radius 1 is 1.02 bits per heavy atom. The van der Waals surface area contributed by atoms with Crippen LogP contribution >= 0.6 is 0 Å². The number of aliphatic carboxylic acids is 1. The van der Waals surface area contributed by atoms with Crippen LogP contribution in [-0.2, 0) is 38.2 Å². The van der Waals surface area contributed by atoms with Crippen LogP contribution in [0.3, 0.4) is 0 Å². The van der Waals surface area contributed by atoms with E-state index >= 15 is 0 Å². The van der Waals surface area contributed by atoms with Gasteiger partial charge in [-0.15, -0.1) is 0 Å². The predicted octanol–water partition coefficient (Wildman–Crippen LogP) is 2.27. The Kier molecular flexibility index (Phi) is 8.78. The van der Waals surface area contributed by atoms with Gasteiger partial charge in [0.2, 0.25) is 11.7 Å². The monoisotopic (exact) mass is 575 g/mol. The molecule has 1 amide bonds. The number of aliphatic hydroxyl groups is 1. The summed E-state index contributed by atoms with van der Waals surface area (Å²) in [5.41, 5.74) is -0.865. The van der Waals surface area contributed by atoms with E-state index in [2.05, 4.69) is 12.2 Å². The molecule has 0 saturated heterocycles. The van der Waals surface area contributed by atoms with Crippen molar-refractivity contribution in [1.29, 1.82) is 0 Å². The summed E-state index contributed by atoms with van der Waals surface area (Å²) < 4.78 is 11.1. The van der Waals surface area contributed by atoms with Gasteiger partial charge in [-0.25, -0.2) is 4.79 Å². The van der Waals surface area contributed by atoms with Crippen LogP contribution in [0.5, 0.6) is 0 Å². The molecule has 3 saturated carbocycles. The number of carbonyl (C=O) groups excluding carboxylic acids is 5. The number of hydrogen-bond donors (Lipinski definition) is 3. The predicted molar refractivity (Wildman–Crippen MR) is 143 cm³/mol. The van der Waals surface area contributed by atoms with E-state index in [0.717, 1.165) is 25.7 Å². The maximum atomic E-state index is 13.8. The molecule has 11 nitrogen and oxygen atoms in total. The average Bonchev–Trinajstić information content (AvgIpc) is 3.21. The highest BCUT2D eigenvalue weighted by atomic mass is 16.6. The van der Waals surface area contributed by atoms with Gasteiger partial charge in [0.05, 0.1) is 13.0 Å². The molecule has 226 valence electrons. The molecule has 41 heavy (non-hydrogen) atoms. The Labute approximate surface area is 239 Å².